The van der Waals surface area contributed by atoms with E-state index in [0.29, 0.717) is 23.5 Å². The summed E-state index contributed by atoms with van der Waals surface area (Å²) >= 11 is 0. The standard InChI is InChI=1S/C13H18N6O3/c1-13(2)21-8-6(3-14)20-12(9(8)22-13)19-5-18-7-10(15)16-4-17-11(7)19/h4-6,8-9,12H,3,14H2,1-2H3,(H2,15,16,17)/t6?,8?,9-,12?/m0/s1. The van der Waals surface area contributed by atoms with Crippen molar-refractivity contribution < 1.29 is 14.2 Å². The van der Waals surface area contributed by atoms with Gasteiger partial charge in [-0.15, -0.1) is 0 Å². The summed E-state index contributed by atoms with van der Waals surface area (Å²) in [4.78, 5) is 12.5. The third kappa shape index (κ3) is 1.90. The lowest BCUT2D eigenvalue weighted by Gasteiger charge is -2.24. The topological polar surface area (TPSA) is 123 Å². The summed E-state index contributed by atoms with van der Waals surface area (Å²) in [6, 6.07) is 0. The van der Waals surface area contributed by atoms with E-state index in [1.54, 1.807) is 10.9 Å². The molecule has 3 unspecified atom stereocenters. The second kappa shape index (κ2) is 4.59. The molecule has 0 bridgehead atoms. The van der Waals surface area contributed by atoms with Crippen molar-refractivity contribution in [3.8, 4) is 0 Å². The Bertz CT molecular complexity index is 717. The Morgan fingerprint density at radius 1 is 1.23 bits per heavy atom. The van der Waals surface area contributed by atoms with Gasteiger partial charge in [-0.2, -0.15) is 0 Å². The van der Waals surface area contributed by atoms with E-state index in [-0.39, 0.29) is 18.3 Å². The second-order valence-corrected chi connectivity index (χ2v) is 5.95. The van der Waals surface area contributed by atoms with Gasteiger partial charge in [0.05, 0.1) is 6.33 Å². The van der Waals surface area contributed by atoms with Crippen LogP contribution in [0.3, 0.4) is 0 Å². The van der Waals surface area contributed by atoms with Gasteiger partial charge in [0, 0.05) is 6.54 Å². The number of ether oxygens (including phenoxy) is 3. The fourth-order valence-corrected chi connectivity index (χ4v) is 3.13. The third-order valence-corrected chi connectivity index (χ3v) is 4.02. The largest absolute Gasteiger partial charge is 0.382 e. The van der Waals surface area contributed by atoms with Gasteiger partial charge in [0.15, 0.2) is 23.5 Å². The summed E-state index contributed by atoms with van der Waals surface area (Å²) in [5.74, 6) is -0.340. The highest BCUT2D eigenvalue weighted by Gasteiger charge is 2.55. The number of nitrogens with two attached hydrogens (primary N) is 2. The molecular weight excluding hydrogens is 288 g/mol. The first kappa shape index (κ1) is 13.8. The molecule has 9 heteroatoms. The lowest BCUT2D eigenvalue weighted by atomic mass is 10.1. The van der Waals surface area contributed by atoms with E-state index in [2.05, 4.69) is 15.0 Å². The van der Waals surface area contributed by atoms with Crippen LogP contribution in [-0.2, 0) is 14.2 Å². The number of nitrogens with zero attached hydrogens (tertiary/aromatic N) is 4. The van der Waals surface area contributed by atoms with Crippen molar-refractivity contribution in [2.45, 2.75) is 44.2 Å². The molecule has 2 fully saturated rings. The predicted octanol–water partition coefficient (Wildman–Crippen LogP) is -0.215. The molecule has 0 saturated carbocycles. The van der Waals surface area contributed by atoms with Gasteiger partial charge in [-0.25, -0.2) is 15.0 Å². The van der Waals surface area contributed by atoms with Crippen molar-refractivity contribution >= 4 is 17.0 Å². The van der Waals surface area contributed by atoms with Crippen LogP contribution in [0.2, 0.25) is 0 Å². The Kier molecular flexibility index (Phi) is 2.89. The van der Waals surface area contributed by atoms with Gasteiger partial charge in [0.2, 0.25) is 0 Å². The molecule has 0 aliphatic carbocycles. The Labute approximate surface area is 126 Å². The molecule has 4 heterocycles. The highest BCUT2D eigenvalue weighted by atomic mass is 16.8. The number of hydrogen-bond donors (Lipinski definition) is 2. The lowest BCUT2D eigenvalue weighted by molar-refractivity contribution is -0.195. The predicted molar refractivity (Wildman–Crippen MR) is 76.5 cm³/mol. The van der Waals surface area contributed by atoms with Crippen molar-refractivity contribution in [3.63, 3.8) is 0 Å². The highest BCUT2D eigenvalue weighted by molar-refractivity contribution is 5.81. The minimum Gasteiger partial charge on any atom is -0.382 e. The van der Waals surface area contributed by atoms with Crippen LogP contribution in [0.25, 0.3) is 11.2 Å². The molecule has 0 radical (unpaired) electrons. The molecule has 0 spiro atoms. The molecule has 2 saturated heterocycles. The number of nitrogen functional groups attached to an aromatic ring is 1. The second-order valence-electron chi connectivity index (χ2n) is 5.95. The fourth-order valence-electron chi connectivity index (χ4n) is 3.13. The highest BCUT2D eigenvalue weighted by Crippen LogP contribution is 2.43. The number of imidazole rings is 1. The molecule has 0 aromatic carbocycles. The number of fused-ring (bicyclic) bond motifs is 2. The molecule has 2 aliphatic rings. The number of aromatic nitrogens is 4. The minimum absolute atomic E-state index is 0.221. The summed E-state index contributed by atoms with van der Waals surface area (Å²) in [5.41, 5.74) is 12.8. The molecule has 4 rings (SSSR count). The van der Waals surface area contributed by atoms with Crippen molar-refractivity contribution in [1.82, 2.24) is 19.5 Å². The first-order valence-electron chi connectivity index (χ1n) is 7.14. The third-order valence-electron chi connectivity index (χ3n) is 4.02. The van der Waals surface area contributed by atoms with Crippen LogP contribution >= 0.6 is 0 Å². The molecule has 2 aromatic rings. The number of hydrogen-bond acceptors (Lipinski definition) is 8. The van der Waals surface area contributed by atoms with E-state index in [4.69, 9.17) is 25.7 Å². The summed E-state index contributed by atoms with van der Waals surface area (Å²) in [6.07, 6.45) is 1.87. The van der Waals surface area contributed by atoms with E-state index in [1.807, 2.05) is 13.8 Å². The van der Waals surface area contributed by atoms with E-state index >= 15 is 0 Å². The maximum absolute atomic E-state index is 6.01. The molecule has 2 aromatic heterocycles. The van der Waals surface area contributed by atoms with E-state index < -0.39 is 12.0 Å². The molecular formula is C13H18N6O3. The maximum Gasteiger partial charge on any atom is 0.167 e. The maximum atomic E-state index is 6.01. The van der Waals surface area contributed by atoms with Gasteiger partial charge in [0.1, 0.15) is 30.2 Å². The molecule has 0 amide bonds. The first-order valence-corrected chi connectivity index (χ1v) is 7.14. The zero-order valence-electron chi connectivity index (χ0n) is 12.3. The zero-order valence-corrected chi connectivity index (χ0v) is 12.3. The fraction of sp³-hybridized carbons (Fsp3) is 0.615. The van der Waals surface area contributed by atoms with Crippen LogP contribution in [0.1, 0.15) is 20.1 Å². The summed E-state index contributed by atoms with van der Waals surface area (Å²) in [5, 5.41) is 0. The quantitative estimate of drug-likeness (QED) is 0.781. The van der Waals surface area contributed by atoms with Gasteiger partial charge in [0.25, 0.3) is 0 Å². The smallest absolute Gasteiger partial charge is 0.167 e. The average molecular weight is 306 g/mol. The van der Waals surface area contributed by atoms with Gasteiger partial charge in [-0.3, -0.25) is 4.57 Å². The minimum atomic E-state index is -0.671. The first-order chi connectivity index (χ1) is 10.5. The van der Waals surface area contributed by atoms with Crippen LogP contribution in [0.4, 0.5) is 5.82 Å². The van der Waals surface area contributed by atoms with Gasteiger partial charge in [-0.05, 0) is 13.8 Å². The molecule has 2 aliphatic heterocycles. The Morgan fingerprint density at radius 2 is 2.00 bits per heavy atom. The lowest BCUT2D eigenvalue weighted by Crippen LogP contribution is -2.34. The van der Waals surface area contributed by atoms with Crippen LogP contribution in [0.5, 0.6) is 0 Å². The normalized spacial score (nSPS) is 33.4. The molecule has 22 heavy (non-hydrogen) atoms. The summed E-state index contributed by atoms with van der Waals surface area (Å²) < 4.78 is 19.7. The van der Waals surface area contributed by atoms with Gasteiger partial charge >= 0.3 is 0 Å². The van der Waals surface area contributed by atoms with Crippen LogP contribution in [0, 0.1) is 0 Å². The van der Waals surface area contributed by atoms with E-state index in [9.17, 15) is 0 Å². The van der Waals surface area contributed by atoms with Crippen LogP contribution < -0.4 is 11.5 Å². The molecule has 9 nitrogen and oxygen atoms in total. The Morgan fingerprint density at radius 3 is 2.77 bits per heavy atom. The molecule has 4 N–H and O–H groups in total. The SMILES string of the molecule is CC1(C)OC2C(CN)OC(n3cnc4c(N)ncnc43)[C@H]2O1. The monoisotopic (exact) mass is 306 g/mol. The van der Waals surface area contributed by atoms with Crippen molar-refractivity contribution in [3.05, 3.63) is 12.7 Å². The van der Waals surface area contributed by atoms with Crippen LogP contribution in [0.15, 0.2) is 12.7 Å². The van der Waals surface area contributed by atoms with E-state index in [0.717, 1.165) is 0 Å². The van der Waals surface area contributed by atoms with Crippen molar-refractivity contribution in [1.29, 1.82) is 0 Å². The van der Waals surface area contributed by atoms with Crippen LogP contribution in [-0.4, -0.2) is 50.2 Å². The summed E-state index contributed by atoms with van der Waals surface area (Å²) in [7, 11) is 0. The van der Waals surface area contributed by atoms with Crippen molar-refractivity contribution in [2.75, 3.05) is 12.3 Å². The number of anilines is 1. The van der Waals surface area contributed by atoms with E-state index in [1.165, 1.54) is 6.33 Å². The summed E-state index contributed by atoms with van der Waals surface area (Å²) in [6.45, 7) is 4.10. The van der Waals surface area contributed by atoms with Crippen molar-refractivity contribution in [2.24, 2.45) is 5.73 Å². The zero-order chi connectivity index (χ0) is 15.5. The molecule has 4 atom stereocenters. The Balaban J connectivity index is 1.77. The average Bonchev–Trinajstić information content (AvgIpc) is 3.10. The molecule has 118 valence electrons. The number of rotatable bonds is 2. The Hall–Kier alpha value is -1.81. The van der Waals surface area contributed by atoms with Gasteiger partial charge < -0.3 is 25.7 Å². The van der Waals surface area contributed by atoms with Gasteiger partial charge in [-0.1, -0.05) is 0 Å².